The van der Waals surface area contributed by atoms with E-state index in [1.165, 1.54) is 49.7 Å². The van der Waals surface area contributed by atoms with Crippen LogP contribution in [0.25, 0.3) is 0 Å². The maximum absolute atomic E-state index is 6.35. The van der Waals surface area contributed by atoms with Crippen LogP contribution in [0.15, 0.2) is 24.3 Å². The SMILES string of the molecule is Cc1cccc(C(CI)OC2CCCCCC2)c1. The first kappa shape index (κ1) is 14.3. The molecule has 1 atom stereocenters. The van der Waals surface area contributed by atoms with Crippen LogP contribution in [-0.4, -0.2) is 10.5 Å². The first-order valence-electron chi connectivity index (χ1n) is 7.07. The van der Waals surface area contributed by atoms with Crippen molar-refractivity contribution >= 4 is 22.6 Å². The largest absolute Gasteiger partial charge is 0.369 e. The lowest BCUT2D eigenvalue weighted by molar-refractivity contribution is -0.00707. The average Bonchev–Trinajstić information content (AvgIpc) is 2.64. The van der Waals surface area contributed by atoms with Gasteiger partial charge in [0.1, 0.15) is 0 Å². The predicted molar refractivity (Wildman–Crippen MR) is 85.4 cm³/mol. The Bertz CT molecular complexity index is 356. The van der Waals surface area contributed by atoms with Crippen LogP contribution in [0.3, 0.4) is 0 Å². The molecule has 0 spiro atoms. The normalized spacial score (nSPS) is 19.4. The second-order valence-corrected chi connectivity index (χ2v) is 6.19. The van der Waals surface area contributed by atoms with Crippen molar-refractivity contribution < 1.29 is 4.74 Å². The molecule has 1 nitrogen and oxygen atoms in total. The maximum Gasteiger partial charge on any atom is 0.0918 e. The molecular formula is C16H23IO. The number of rotatable bonds is 4. The quantitative estimate of drug-likeness (QED) is 0.408. The Morgan fingerprint density at radius 1 is 1.22 bits per heavy atom. The Morgan fingerprint density at radius 3 is 2.56 bits per heavy atom. The summed E-state index contributed by atoms with van der Waals surface area (Å²) in [6.45, 7) is 2.15. The Labute approximate surface area is 124 Å². The van der Waals surface area contributed by atoms with Crippen molar-refractivity contribution in [2.75, 3.05) is 4.43 Å². The zero-order valence-corrected chi connectivity index (χ0v) is 13.4. The van der Waals surface area contributed by atoms with E-state index < -0.39 is 0 Å². The lowest BCUT2D eigenvalue weighted by Crippen LogP contribution is -2.17. The maximum atomic E-state index is 6.35. The molecule has 0 aromatic heterocycles. The number of ether oxygens (including phenoxy) is 1. The summed E-state index contributed by atoms with van der Waals surface area (Å²) in [7, 11) is 0. The highest BCUT2D eigenvalue weighted by atomic mass is 127. The molecule has 18 heavy (non-hydrogen) atoms. The summed E-state index contributed by atoms with van der Waals surface area (Å²) in [6.07, 6.45) is 8.70. The van der Waals surface area contributed by atoms with Crippen molar-refractivity contribution in [2.45, 2.75) is 57.7 Å². The molecule has 0 aliphatic heterocycles. The van der Waals surface area contributed by atoms with E-state index in [2.05, 4.69) is 53.8 Å². The van der Waals surface area contributed by atoms with Gasteiger partial charge in [-0.05, 0) is 25.3 Å². The molecule has 0 heterocycles. The van der Waals surface area contributed by atoms with Crippen LogP contribution in [0.5, 0.6) is 0 Å². The molecule has 1 aliphatic rings. The number of alkyl halides is 1. The van der Waals surface area contributed by atoms with Gasteiger partial charge in [-0.2, -0.15) is 0 Å². The zero-order chi connectivity index (χ0) is 12.8. The van der Waals surface area contributed by atoms with Crippen LogP contribution in [0.2, 0.25) is 0 Å². The smallest absolute Gasteiger partial charge is 0.0918 e. The van der Waals surface area contributed by atoms with Crippen LogP contribution < -0.4 is 0 Å². The van der Waals surface area contributed by atoms with Crippen molar-refractivity contribution in [1.82, 2.24) is 0 Å². The van der Waals surface area contributed by atoms with Crippen LogP contribution in [-0.2, 0) is 4.74 Å². The van der Waals surface area contributed by atoms with E-state index in [1.807, 2.05) is 0 Å². The van der Waals surface area contributed by atoms with Gasteiger partial charge in [-0.15, -0.1) is 0 Å². The van der Waals surface area contributed by atoms with Gasteiger partial charge < -0.3 is 4.74 Å². The number of halogens is 1. The van der Waals surface area contributed by atoms with Gasteiger partial charge >= 0.3 is 0 Å². The summed E-state index contributed by atoms with van der Waals surface area (Å²) in [4.78, 5) is 0. The molecular weight excluding hydrogens is 335 g/mol. The monoisotopic (exact) mass is 358 g/mol. The van der Waals surface area contributed by atoms with E-state index in [0.29, 0.717) is 6.10 Å². The van der Waals surface area contributed by atoms with Gasteiger partial charge in [0.25, 0.3) is 0 Å². The minimum atomic E-state index is 0.272. The zero-order valence-electron chi connectivity index (χ0n) is 11.2. The van der Waals surface area contributed by atoms with E-state index in [4.69, 9.17) is 4.74 Å². The summed E-state index contributed by atoms with van der Waals surface area (Å²) in [5.74, 6) is 0. The predicted octanol–water partition coefficient (Wildman–Crippen LogP) is 5.21. The van der Waals surface area contributed by atoms with Gasteiger partial charge in [-0.25, -0.2) is 0 Å². The molecule has 0 amide bonds. The summed E-state index contributed by atoms with van der Waals surface area (Å²) in [6, 6.07) is 8.76. The van der Waals surface area contributed by atoms with Gasteiger partial charge in [0, 0.05) is 4.43 Å². The molecule has 1 fully saturated rings. The fourth-order valence-electron chi connectivity index (χ4n) is 2.68. The average molecular weight is 358 g/mol. The van der Waals surface area contributed by atoms with Gasteiger partial charge in [-0.3, -0.25) is 0 Å². The summed E-state index contributed by atoms with van der Waals surface area (Å²) >= 11 is 2.45. The van der Waals surface area contributed by atoms with Crippen LogP contribution >= 0.6 is 22.6 Å². The van der Waals surface area contributed by atoms with Crippen LogP contribution in [0, 0.1) is 6.92 Å². The third-order valence-corrected chi connectivity index (χ3v) is 4.51. The van der Waals surface area contributed by atoms with Gasteiger partial charge in [0.15, 0.2) is 0 Å². The van der Waals surface area contributed by atoms with Crippen LogP contribution in [0.4, 0.5) is 0 Å². The first-order valence-corrected chi connectivity index (χ1v) is 8.60. The van der Waals surface area contributed by atoms with E-state index in [-0.39, 0.29) is 6.10 Å². The highest BCUT2D eigenvalue weighted by molar-refractivity contribution is 14.1. The third-order valence-electron chi connectivity index (χ3n) is 3.71. The van der Waals surface area contributed by atoms with Crippen molar-refractivity contribution in [3.8, 4) is 0 Å². The van der Waals surface area contributed by atoms with Crippen molar-refractivity contribution in [1.29, 1.82) is 0 Å². The highest BCUT2D eigenvalue weighted by Crippen LogP contribution is 2.28. The number of benzene rings is 1. The van der Waals surface area contributed by atoms with Gasteiger partial charge in [0.2, 0.25) is 0 Å². The Balaban J connectivity index is 1.99. The third kappa shape index (κ3) is 4.23. The molecule has 100 valence electrons. The second kappa shape index (κ2) is 7.49. The fraction of sp³-hybridized carbons (Fsp3) is 0.625. The molecule has 1 aromatic carbocycles. The van der Waals surface area contributed by atoms with Crippen molar-refractivity contribution in [2.24, 2.45) is 0 Å². The summed E-state index contributed by atoms with van der Waals surface area (Å²) in [5, 5.41) is 0. The molecule has 1 aliphatic carbocycles. The molecule has 1 unspecified atom stereocenters. The number of hydrogen-bond acceptors (Lipinski definition) is 1. The Hall–Kier alpha value is -0.0900. The lowest BCUT2D eigenvalue weighted by atomic mass is 10.1. The molecule has 1 aromatic rings. The Morgan fingerprint density at radius 2 is 1.94 bits per heavy atom. The van der Waals surface area contributed by atoms with E-state index in [0.717, 1.165) is 4.43 Å². The summed E-state index contributed by atoms with van der Waals surface area (Å²) in [5.41, 5.74) is 2.67. The molecule has 0 N–H and O–H groups in total. The molecule has 2 heteroatoms. The lowest BCUT2D eigenvalue weighted by Gasteiger charge is -2.23. The second-order valence-electron chi connectivity index (χ2n) is 5.31. The standard InChI is InChI=1S/C16H23IO/c1-13-7-6-8-14(11-13)16(12-17)18-15-9-4-2-3-5-10-15/h6-8,11,15-16H,2-5,9-10,12H2,1H3. The van der Waals surface area contributed by atoms with Crippen molar-refractivity contribution in [3.63, 3.8) is 0 Å². The summed E-state index contributed by atoms with van der Waals surface area (Å²) < 4.78 is 7.39. The fourth-order valence-corrected chi connectivity index (χ4v) is 3.40. The van der Waals surface area contributed by atoms with Gasteiger partial charge in [0.05, 0.1) is 12.2 Å². The minimum absolute atomic E-state index is 0.272. The van der Waals surface area contributed by atoms with E-state index in [1.54, 1.807) is 0 Å². The number of hydrogen-bond donors (Lipinski definition) is 0. The molecule has 0 radical (unpaired) electrons. The molecule has 2 rings (SSSR count). The topological polar surface area (TPSA) is 9.23 Å². The highest BCUT2D eigenvalue weighted by Gasteiger charge is 2.19. The number of aryl methyl sites for hydroxylation is 1. The van der Waals surface area contributed by atoms with Crippen LogP contribution in [0.1, 0.15) is 55.8 Å². The molecule has 0 bridgehead atoms. The molecule has 1 saturated carbocycles. The first-order chi connectivity index (χ1) is 8.79. The van der Waals surface area contributed by atoms with Gasteiger partial charge in [-0.1, -0.05) is 78.1 Å². The van der Waals surface area contributed by atoms with E-state index >= 15 is 0 Å². The van der Waals surface area contributed by atoms with Crippen molar-refractivity contribution in [3.05, 3.63) is 35.4 Å². The Kier molecular flexibility index (Phi) is 5.96. The minimum Gasteiger partial charge on any atom is -0.369 e. The molecule has 0 saturated heterocycles. The van der Waals surface area contributed by atoms with E-state index in [9.17, 15) is 0 Å².